The lowest BCUT2D eigenvalue weighted by molar-refractivity contribution is -0.152. The summed E-state index contributed by atoms with van der Waals surface area (Å²) in [5.41, 5.74) is 0. The van der Waals surface area contributed by atoms with E-state index in [0.717, 1.165) is 13.1 Å². The number of nitrogens with zero attached hydrogens (tertiary/aromatic N) is 1. The number of esters is 1. The van der Waals surface area contributed by atoms with Gasteiger partial charge in [-0.05, 0) is 17.9 Å². The molecular weight excluding hydrogens is 238 g/mol. The molecule has 17 heavy (non-hydrogen) atoms. The summed E-state index contributed by atoms with van der Waals surface area (Å²) in [6.07, 6.45) is 0.0625. The first-order valence-electron chi connectivity index (χ1n) is 5.71. The van der Waals surface area contributed by atoms with Crippen LogP contribution in [-0.4, -0.2) is 42.3 Å². The molecule has 1 aliphatic rings. The molecule has 1 saturated heterocycles. The lowest BCUT2D eigenvalue weighted by Gasteiger charge is -2.34. The quantitative estimate of drug-likeness (QED) is 0.822. The summed E-state index contributed by atoms with van der Waals surface area (Å²) < 4.78 is 4.72. The number of hydrogen-bond donors (Lipinski definition) is 1. The standard InChI is InChI=1S/C12H17NO3S/c1-16-12(15)10-8-13(5-4-11(10)14)7-9-3-2-6-17-9/h2-3,6,10-11,14H,4-5,7-8H2,1H3. The molecule has 1 fully saturated rings. The summed E-state index contributed by atoms with van der Waals surface area (Å²) in [5, 5.41) is 11.8. The van der Waals surface area contributed by atoms with Crippen LogP contribution in [0.15, 0.2) is 17.5 Å². The van der Waals surface area contributed by atoms with Crippen molar-refractivity contribution in [2.24, 2.45) is 5.92 Å². The zero-order valence-electron chi connectivity index (χ0n) is 9.83. The minimum absolute atomic E-state index is 0.312. The zero-order chi connectivity index (χ0) is 12.3. The summed E-state index contributed by atoms with van der Waals surface area (Å²) >= 11 is 1.71. The normalized spacial score (nSPS) is 25.8. The first-order chi connectivity index (χ1) is 8.20. The molecule has 94 valence electrons. The first-order valence-corrected chi connectivity index (χ1v) is 6.59. The van der Waals surface area contributed by atoms with Gasteiger partial charge in [-0.3, -0.25) is 9.69 Å². The van der Waals surface area contributed by atoms with E-state index in [1.807, 2.05) is 11.4 Å². The maximum absolute atomic E-state index is 11.5. The molecule has 2 atom stereocenters. The van der Waals surface area contributed by atoms with Gasteiger partial charge < -0.3 is 9.84 Å². The Bertz CT molecular complexity index is 366. The van der Waals surface area contributed by atoms with E-state index in [0.29, 0.717) is 13.0 Å². The van der Waals surface area contributed by atoms with Crippen molar-refractivity contribution in [2.45, 2.75) is 19.1 Å². The fraction of sp³-hybridized carbons (Fsp3) is 0.583. The molecule has 4 nitrogen and oxygen atoms in total. The first kappa shape index (κ1) is 12.5. The molecule has 2 unspecified atom stereocenters. The minimum atomic E-state index is -0.568. The number of piperidine rings is 1. The summed E-state index contributed by atoms with van der Waals surface area (Å²) in [4.78, 5) is 15.0. The number of likely N-dealkylation sites (tertiary alicyclic amines) is 1. The van der Waals surface area contributed by atoms with E-state index in [-0.39, 0.29) is 5.97 Å². The Labute approximate surface area is 105 Å². The Morgan fingerprint density at radius 2 is 2.53 bits per heavy atom. The largest absolute Gasteiger partial charge is 0.469 e. The second kappa shape index (κ2) is 5.62. The van der Waals surface area contributed by atoms with Crippen molar-refractivity contribution in [3.8, 4) is 0 Å². The maximum atomic E-state index is 11.5. The second-order valence-electron chi connectivity index (χ2n) is 4.30. The van der Waals surface area contributed by atoms with Crippen LogP contribution < -0.4 is 0 Å². The molecule has 0 aromatic carbocycles. The van der Waals surface area contributed by atoms with Gasteiger partial charge in [0.15, 0.2) is 0 Å². The van der Waals surface area contributed by atoms with Gasteiger partial charge in [0.25, 0.3) is 0 Å². The number of aliphatic hydroxyl groups excluding tert-OH is 1. The predicted molar refractivity (Wildman–Crippen MR) is 65.7 cm³/mol. The maximum Gasteiger partial charge on any atom is 0.312 e. The van der Waals surface area contributed by atoms with Crippen molar-refractivity contribution < 1.29 is 14.6 Å². The van der Waals surface area contributed by atoms with Gasteiger partial charge >= 0.3 is 5.97 Å². The van der Waals surface area contributed by atoms with Crippen molar-refractivity contribution in [1.82, 2.24) is 4.90 Å². The minimum Gasteiger partial charge on any atom is -0.469 e. The molecule has 1 aromatic heterocycles. The van der Waals surface area contributed by atoms with E-state index >= 15 is 0 Å². The second-order valence-corrected chi connectivity index (χ2v) is 5.33. The lowest BCUT2D eigenvalue weighted by atomic mass is 9.95. The van der Waals surface area contributed by atoms with Crippen LogP contribution in [0.4, 0.5) is 0 Å². The highest BCUT2D eigenvalue weighted by Crippen LogP contribution is 2.21. The number of aliphatic hydroxyl groups is 1. The Balaban J connectivity index is 1.95. The van der Waals surface area contributed by atoms with Gasteiger partial charge in [-0.2, -0.15) is 0 Å². The van der Waals surface area contributed by atoms with Crippen LogP contribution in [0.3, 0.4) is 0 Å². The van der Waals surface area contributed by atoms with E-state index < -0.39 is 12.0 Å². The van der Waals surface area contributed by atoms with Crippen LogP contribution >= 0.6 is 11.3 Å². The van der Waals surface area contributed by atoms with Crippen LogP contribution in [0.25, 0.3) is 0 Å². The third kappa shape index (κ3) is 3.06. The molecule has 2 heterocycles. The third-order valence-corrected chi connectivity index (χ3v) is 3.99. The molecular formula is C12H17NO3S. The molecule has 1 aromatic rings. The molecule has 0 bridgehead atoms. The number of hydrogen-bond acceptors (Lipinski definition) is 5. The van der Waals surface area contributed by atoms with E-state index in [1.54, 1.807) is 11.3 Å². The van der Waals surface area contributed by atoms with Crippen molar-refractivity contribution in [2.75, 3.05) is 20.2 Å². The van der Waals surface area contributed by atoms with E-state index in [9.17, 15) is 9.90 Å². The van der Waals surface area contributed by atoms with Crippen LogP contribution in [-0.2, 0) is 16.1 Å². The van der Waals surface area contributed by atoms with Gasteiger partial charge in [-0.25, -0.2) is 0 Å². The van der Waals surface area contributed by atoms with Crippen molar-refractivity contribution in [3.05, 3.63) is 22.4 Å². The van der Waals surface area contributed by atoms with Gasteiger partial charge in [-0.15, -0.1) is 11.3 Å². The van der Waals surface area contributed by atoms with Gasteiger partial charge in [0.2, 0.25) is 0 Å². The topological polar surface area (TPSA) is 49.8 Å². The van der Waals surface area contributed by atoms with Crippen LogP contribution in [0, 0.1) is 5.92 Å². The van der Waals surface area contributed by atoms with Crippen LogP contribution in [0.1, 0.15) is 11.3 Å². The number of methoxy groups -OCH3 is 1. The molecule has 0 aliphatic carbocycles. The monoisotopic (exact) mass is 255 g/mol. The summed E-state index contributed by atoms with van der Waals surface area (Å²) in [6, 6.07) is 4.11. The van der Waals surface area contributed by atoms with Crippen LogP contribution in [0.2, 0.25) is 0 Å². The SMILES string of the molecule is COC(=O)C1CN(Cc2cccs2)CCC1O. The van der Waals surface area contributed by atoms with E-state index in [4.69, 9.17) is 4.74 Å². The fourth-order valence-corrected chi connectivity index (χ4v) is 2.90. The molecule has 1 aliphatic heterocycles. The van der Waals surface area contributed by atoms with Gasteiger partial charge in [0.1, 0.15) is 0 Å². The van der Waals surface area contributed by atoms with Gasteiger partial charge in [-0.1, -0.05) is 6.07 Å². The van der Waals surface area contributed by atoms with E-state index in [2.05, 4.69) is 11.0 Å². The Morgan fingerprint density at radius 1 is 1.71 bits per heavy atom. The molecule has 0 saturated carbocycles. The molecule has 0 amide bonds. The number of carbonyl (C=O) groups excluding carboxylic acids is 1. The number of ether oxygens (including phenoxy) is 1. The number of thiophene rings is 1. The molecule has 0 spiro atoms. The van der Waals surface area contributed by atoms with E-state index in [1.165, 1.54) is 12.0 Å². The van der Waals surface area contributed by atoms with Crippen molar-refractivity contribution in [3.63, 3.8) is 0 Å². The summed E-state index contributed by atoms with van der Waals surface area (Å²) in [5.74, 6) is -0.720. The highest BCUT2D eigenvalue weighted by atomic mass is 32.1. The fourth-order valence-electron chi connectivity index (χ4n) is 2.16. The molecule has 1 N–H and O–H groups in total. The summed E-state index contributed by atoms with van der Waals surface area (Å²) in [7, 11) is 1.37. The Morgan fingerprint density at radius 3 is 3.18 bits per heavy atom. The average Bonchev–Trinajstić information content (AvgIpc) is 2.83. The average molecular weight is 255 g/mol. The van der Waals surface area contributed by atoms with Crippen molar-refractivity contribution >= 4 is 17.3 Å². The Kier molecular flexibility index (Phi) is 4.15. The highest BCUT2D eigenvalue weighted by molar-refractivity contribution is 7.09. The molecule has 0 radical (unpaired) electrons. The Hall–Kier alpha value is -0.910. The lowest BCUT2D eigenvalue weighted by Crippen LogP contribution is -2.46. The van der Waals surface area contributed by atoms with Crippen LogP contribution in [0.5, 0.6) is 0 Å². The smallest absolute Gasteiger partial charge is 0.312 e. The highest BCUT2D eigenvalue weighted by Gasteiger charge is 2.33. The predicted octanol–water partition coefficient (Wildman–Crippen LogP) is 1.10. The number of carbonyl (C=O) groups is 1. The molecule has 2 rings (SSSR count). The van der Waals surface area contributed by atoms with Gasteiger partial charge in [0.05, 0.1) is 19.1 Å². The zero-order valence-corrected chi connectivity index (χ0v) is 10.7. The molecule has 5 heteroatoms. The van der Waals surface area contributed by atoms with Gasteiger partial charge in [0, 0.05) is 24.5 Å². The summed E-state index contributed by atoms with van der Waals surface area (Å²) in [6.45, 7) is 2.25. The third-order valence-electron chi connectivity index (χ3n) is 3.12. The number of rotatable bonds is 3. The van der Waals surface area contributed by atoms with Crippen molar-refractivity contribution in [1.29, 1.82) is 0 Å².